The molecule has 0 fully saturated rings. The Kier molecular flexibility index (Phi) is 8.45. The van der Waals surface area contributed by atoms with Crippen LogP contribution in [0.25, 0.3) is 10.9 Å². The second kappa shape index (κ2) is 11.1. The Morgan fingerprint density at radius 3 is 2.39 bits per heavy atom. The van der Waals surface area contributed by atoms with Crippen LogP contribution in [-0.4, -0.2) is 59.1 Å². The highest BCUT2D eigenvalue weighted by Gasteiger charge is 2.55. The molecule has 1 heterocycles. The summed E-state index contributed by atoms with van der Waals surface area (Å²) in [6.07, 6.45) is -5.47. The molecule has 1 aromatic heterocycles. The van der Waals surface area contributed by atoms with Gasteiger partial charge in [-0.05, 0) is 68.1 Å². The van der Waals surface area contributed by atoms with Crippen LogP contribution in [0.4, 0.5) is 23.2 Å². The number of carbonyl (C=O) groups is 1. The van der Waals surface area contributed by atoms with Crippen molar-refractivity contribution in [3.05, 3.63) is 65.6 Å². The van der Waals surface area contributed by atoms with Crippen molar-refractivity contribution < 1.29 is 32.2 Å². The van der Waals surface area contributed by atoms with Crippen molar-refractivity contribution in [2.24, 2.45) is 4.99 Å². The van der Waals surface area contributed by atoms with E-state index in [1.807, 2.05) is 13.8 Å². The van der Waals surface area contributed by atoms with Crippen LogP contribution < -0.4 is 4.74 Å². The standard InChI is InChI=1S/C28H31F4N3O3/c1-6-35(7-2)25(36)23-13-12-19-21(9-8-10-22(19)34-23)33-17-27(37,28(30,31)32)16-26(3,4)20-15-18(29)11-14-24(20)38-5/h8-15,17,37H,6-7,16H2,1-5H3/b33-17+. The number of carbonyl (C=O) groups excluding carboxylic acids is 1. The molecule has 1 N–H and O–H groups in total. The molecule has 10 heteroatoms. The first kappa shape index (κ1) is 29.0. The molecule has 0 spiro atoms. The Morgan fingerprint density at radius 1 is 1.11 bits per heavy atom. The van der Waals surface area contributed by atoms with Crippen molar-refractivity contribution in [3.63, 3.8) is 0 Å². The molecule has 0 radical (unpaired) electrons. The molecule has 1 unspecified atom stereocenters. The van der Waals surface area contributed by atoms with E-state index in [1.165, 1.54) is 39.2 Å². The number of aromatic nitrogens is 1. The lowest BCUT2D eigenvalue weighted by atomic mass is 9.74. The summed E-state index contributed by atoms with van der Waals surface area (Å²) in [6, 6.07) is 11.3. The third-order valence-electron chi connectivity index (χ3n) is 6.49. The van der Waals surface area contributed by atoms with Gasteiger partial charge in [0.1, 0.15) is 17.3 Å². The van der Waals surface area contributed by atoms with Gasteiger partial charge in [-0.3, -0.25) is 9.79 Å². The molecule has 204 valence electrons. The number of rotatable bonds is 9. The third-order valence-corrected chi connectivity index (χ3v) is 6.49. The molecule has 0 aliphatic rings. The van der Waals surface area contributed by atoms with Gasteiger partial charge in [0, 0.05) is 30.3 Å². The van der Waals surface area contributed by atoms with Crippen LogP contribution in [0.15, 0.2) is 53.5 Å². The summed E-state index contributed by atoms with van der Waals surface area (Å²) >= 11 is 0. The van der Waals surface area contributed by atoms with Crippen LogP contribution >= 0.6 is 0 Å². The quantitative estimate of drug-likeness (QED) is 0.262. The zero-order valence-electron chi connectivity index (χ0n) is 21.9. The molecule has 3 rings (SSSR count). The molecular weight excluding hydrogens is 502 g/mol. The summed E-state index contributed by atoms with van der Waals surface area (Å²) in [4.78, 5) is 22.7. The highest BCUT2D eigenvalue weighted by atomic mass is 19.4. The second-order valence-electron chi connectivity index (χ2n) is 9.60. The average Bonchev–Trinajstić information content (AvgIpc) is 2.86. The molecule has 3 aromatic rings. The van der Waals surface area contributed by atoms with E-state index in [4.69, 9.17) is 4.74 Å². The molecule has 0 bridgehead atoms. The summed E-state index contributed by atoms with van der Waals surface area (Å²) in [5.41, 5.74) is -3.80. The number of amides is 1. The number of methoxy groups -OCH3 is 1. The number of nitrogens with zero attached hydrogens (tertiary/aromatic N) is 3. The van der Waals surface area contributed by atoms with Gasteiger partial charge in [-0.25, -0.2) is 9.37 Å². The van der Waals surface area contributed by atoms with Crippen LogP contribution in [0.3, 0.4) is 0 Å². The molecular formula is C28H31F4N3O3. The zero-order chi connectivity index (χ0) is 28.3. The van der Waals surface area contributed by atoms with Crippen molar-refractivity contribution in [3.8, 4) is 5.75 Å². The molecule has 1 amide bonds. The molecule has 0 saturated heterocycles. The first-order chi connectivity index (χ1) is 17.8. The molecule has 6 nitrogen and oxygen atoms in total. The lowest BCUT2D eigenvalue weighted by Gasteiger charge is -2.36. The van der Waals surface area contributed by atoms with E-state index in [0.29, 0.717) is 30.2 Å². The number of benzene rings is 2. The maximum absolute atomic E-state index is 14.2. The Balaban J connectivity index is 2.01. The first-order valence-corrected chi connectivity index (χ1v) is 12.1. The van der Waals surface area contributed by atoms with Crippen molar-refractivity contribution in [1.29, 1.82) is 0 Å². The molecule has 38 heavy (non-hydrogen) atoms. The highest BCUT2D eigenvalue weighted by Crippen LogP contribution is 2.43. The number of fused-ring (bicyclic) bond motifs is 1. The van der Waals surface area contributed by atoms with E-state index in [9.17, 15) is 27.5 Å². The number of aliphatic imine (C=N–C) groups is 1. The maximum Gasteiger partial charge on any atom is 0.422 e. The molecule has 0 saturated carbocycles. The van der Waals surface area contributed by atoms with Gasteiger partial charge >= 0.3 is 6.18 Å². The van der Waals surface area contributed by atoms with Crippen LogP contribution in [0.2, 0.25) is 0 Å². The lowest BCUT2D eigenvalue weighted by molar-refractivity contribution is -0.234. The van der Waals surface area contributed by atoms with Crippen molar-refractivity contribution in [2.75, 3.05) is 20.2 Å². The van der Waals surface area contributed by atoms with E-state index in [0.717, 1.165) is 12.1 Å². The molecule has 1 atom stereocenters. The third kappa shape index (κ3) is 5.96. The summed E-state index contributed by atoms with van der Waals surface area (Å²) in [5.74, 6) is -0.694. The van der Waals surface area contributed by atoms with E-state index >= 15 is 0 Å². The minimum atomic E-state index is -5.08. The monoisotopic (exact) mass is 533 g/mol. The Bertz CT molecular complexity index is 1340. The topological polar surface area (TPSA) is 75.0 Å². The summed E-state index contributed by atoms with van der Waals surface area (Å²) in [7, 11) is 1.33. The fourth-order valence-corrected chi connectivity index (χ4v) is 4.42. The molecule has 0 aliphatic carbocycles. The lowest BCUT2D eigenvalue weighted by Crippen LogP contribution is -2.50. The van der Waals surface area contributed by atoms with E-state index in [2.05, 4.69) is 9.98 Å². The predicted octanol–water partition coefficient (Wildman–Crippen LogP) is 6.23. The first-order valence-electron chi connectivity index (χ1n) is 12.1. The van der Waals surface area contributed by atoms with Crippen LogP contribution in [-0.2, 0) is 5.41 Å². The normalized spacial score (nSPS) is 14.1. The summed E-state index contributed by atoms with van der Waals surface area (Å²) < 4.78 is 61.8. The largest absolute Gasteiger partial charge is 0.496 e. The average molecular weight is 534 g/mol. The van der Waals surface area contributed by atoms with Crippen LogP contribution in [0, 0.1) is 5.82 Å². The van der Waals surface area contributed by atoms with Gasteiger partial charge in [-0.15, -0.1) is 0 Å². The predicted molar refractivity (Wildman–Crippen MR) is 139 cm³/mol. The minimum Gasteiger partial charge on any atom is -0.496 e. The smallest absolute Gasteiger partial charge is 0.422 e. The Morgan fingerprint density at radius 2 is 1.79 bits per heavy atom. The van der Waals surface area contributed by atoms with E-state index in [-0.39, 0.29) is 28.6 Å². The zero-order valence-corrected chi connectivity index (χ0v) is 21.9. The number of alkyl halides is 3. The number of hydrogen-bond donors (Lipinski definition) is 1. The number of ether oxygens (including phenoxy) is 1. The van der Waals surface area contributed by atoms with E-state index in [1.54, 1.807) is 23.1 Å². The van der Waals surface area contributed by atoms with Crippen LogP contribution in [0.5, 0.6) is 5.75 Å². The van der Waals surface area contributed by atoms with Gasteiger partial charge in [-0.2, -0.15) is 13.2 Å². The number of pyridine rings is 1. The Labute approximate surface area is 219 Å². The van der Waals surface area contributed by atoms with Crippen molar-refractivity contribution in [1.82, 2.24) is 9.88 Å². The van der Waals surface area contributed by atoms with Gasteiger partial charge in [0.2, 0.25) is 0 Å². The van der Waals surface area contributed by atoms with Gasteiger partial charge in [-0.1, -0.05) is 19.9 Å². The molecule has 0 aliphatic heterocycles. The van der Waals surface area contributed by atoms with Gasteiger partial charge in [0.15, 0.2) is 5.60 Å². The van der Waals surface area contributed by atoms with Crippen molar-refractivity contribution in [2.45, 2.75) is 51.3 Å². The Hall–Kier alpha value is -3.53. The number of halogens is 4. The van der Waals surface area contributed by atoms with Gasteiger partial charge in [0.25, 0.3) is 5.91 Å². The summed E-state index contributed by atoms with van der Waals surface area (Å²) in [5, 5.41) is 11.3. The van der Waals surface area contributed by atoms with Crippen LogP contribution in [0.1, 0.15) is 50.2 Å². The van der Waals surface area contributed by atoms with Crippen molar-refractivity contribution >= 4 is 28.7 Å². The maximum atomic E-state index is 14.2. The minimum absolute atomic E-state index is 0.139. The molecule has 2 aromatic carbocycles. The number of aliphatic hydroxyl groups is 1. The SMILES string of the molecule is CCN(CC)C(=O)c1ccc2c(/N=C/C(O)(CC(C)(C)c3cc(F)ccc3OC)C(F)(F)F)cccc2n1. The summed E-state index contributed by atoms with van der Waals surface area (Å²) in [6.45, 7) is 7.64. The number of hydrogen-bond acceptors (Lipinski definition) is 5. The highest BCUT2D eigenvalue weighted by molar-refractivity contribution is 5.98. The van der Waals surface area contributed by atoms with Gasteiger partial charge in [0.05, 0.1) is 18.3 Å². The van der Waals surface area contributed by atoms with Gasteiger partial charge < -0.3 is 14.7 Å². The van der Waals surface area contributed by atoms with E-state index < -0.39 is 29.4 Å². The fourth-order valence-electron chi connectivity index (χ4n) is 4.42. The second-order valence-corrected chi connectivity index (χ2v) is 9.60. The fraction of sp³-hybridized carbons (Fsp3) is 0.393.